The maximum Gasteiger partial charge on any atom is 0.254 e. The third kappa shape index (κ3) is 3.25. The molecule has 2 aromatic carbocycles. The van der Waals surface area contributed by atoms with Gasteiger partial charge in [0.15, 0.2) is 0 Å². The van der Waals surface area contributed by atoms with E-state index in [9.17, 15) is 19.1 Å². The van der Waals surface area contributed by atoms with Crippen molar-refractivity contribution in [1.29, 1.82) is 0 Å². The minimum Gasteiger partial charge on any atom is -0.508 e. The molecule has 0 saturated heterocycles. The van der Waals surface area contributed by atoms with Gasteiger partial charge >= 0.3 is 0 Å². The number of phenols is 1. The van der Waals surface area contributed by atoms with E-state index in [0.29, 0.717) is 26.2 Å². The van der Waals surface area contributed by atoms with E-state index in [1.54, 1.807) is 24.3 Å². The first-order valence-corrected chi connectivity index (χ1v) is 8.73. The lowest BCUT2D eigenvalue weighted by Gasteiger charge is -2.21. The number of anilines is 1. The average molecular weight is 372 g/mol. The molecule has 0 radical (unpaired) electrons. The number of amides is 2. The molecule has 0 bridgehead atoms. The van der Waals surface area contributed by atoms with Gasteiger partial charge in [-0.1, -0.05) is 18.2 Å². The summed E-state index contributed by atoms with van der Waals surface area (Å²) in [5, 5.41) is 13.3. The highest BCUT2D eigenvalue weighted by atomic mass is 32.1. The summed E-state index contributed by atoms with van der Waals surface area (Å²) >= 11 is 1.21. The minimum atomic E-state index is -0.418. The molecule has 134 valence electrons. The fraction of sp³-hybridized carbons (Fsp3) is 0.158. The van der Waals surface area contributed by atoms with Crippen molar-refractivity contribution in [3.8, 4) is 5.75 Å². The first kappa shape index (κ1) is 17.9. The van der Waals surface area contributed by atoms with Gasteiger partial charge in [0, 0.05) is 29.6 Å². The fourth-order valence-corrected chi connectivity index (χ4v) is 4.01. The Morgan fingerprint density at radius 2 is 1.96 bits per heavy atom. The van der Waals surface area contributed by atoms with Crippen molar-refractivity contribution in [2.24, 2.45) is 0 Å². The van der Waals surface area contributed by atoms with E-state index in [1.165, 1.54) is 48.4 Å². The Bertz CT molecular complexity index is 1000. The van der Waals surface area contributed by atoms with Crippen LogP contribution in [0.1, 0.15) is 22.8 Å². The molecule has 2 amide bonds. The van der Waals surface area contributed by atoms with Crippen LogP contribution in [0.4, 0.5) is 9.39 Å². The number of aromatic hydroxyl groups is 1. The van der Waals surface area contributed by atoms with Crippen molar-refractivity contribution in [2.45, 2.75) is 13.5 Å². The van der Waals surface area contributed by atoms with Gasteiger partial charge in [-0.3, -0.25) is 14.5 Å². The summed E-state index contributed by atoms with van der Waals surface area (Å²) in [6.45, 7) is 1.38. The Labute approximate surface area is 153 Å². The summed E-state index contributed by atoms with van der Waals surface area (Å²) in [5.74, 6) is -1.01. The number of nitrogens with one attached hydrogen (secondary N) is 1. The van der Waals surface area contributed by atoms with E-state index in [4.69, 9.17) is 0 Å². The van der Waals surface area contributed by atoms with Crippen LogP contribution in [0.15, 0.2) is 42.5 Å². The number of benzene rings is 2. The molecule has 3 aromatic rings. The molecule has 1 aromatic heterocycles. The van der Waals surface area contributed by atoms with E-state index in [2.05, 4.69) is 5.32 Å². The van der Waals surface area contributed by atoms with E-state index >= 15 is 0 Å². The number of thiophene rings is 1. The van der Waals surface area contributed by atoms with Gasteiger partial charge in [-0.05, 0) is 24.3 Å². The van der Waals surface area contributed by atoms with Crippen molar-refractivity contribution in [3.63, 3.8) is 0 Å². The van der Waals surface area contributed by atoms with Crippen LogP contribution in [0, 0.1) is 5.82 Å². The lowest BCUT2D eigenvalue weighted by atomic mass is 10.1. The molecule has 0 fully saturated rings. The van der Waals surface area contributed by atoms with Crippen molar-refractivity contribution >= 4 is 38.2 Å². The molecule has 0 aliphatic carbocycles. The van der Waals surface area contributed by atoms with Gasteiger partial charge in [-0.25, -0.2) is 4.39 Å². The van der Waals surface area contributed by atoms with Gasteiger partial charge in [0.1, 0.15) is 16.6 Å². The first-order chi connectivity index (χ1) is 12.4. The summed E-state index contributed by atoms with van der Waals surface area (Å²) < 4.78 is 14.7. The Morgan fingerprint density at radius 3 is 2.62 bits per heavy atom. The van der Waals surface area contributed by atoms with Crippen molar-refractivity contribution in [1.82, 2.24) is 5.32 Å². The number of hydrogen-bond donors (Lipinski definition) is 2. The summed E-state index contributed by atoms with van der Waals surface area (Å²) in [4.78, 5) is 26.1. The van der Waals surface area contributed by atoms with Gasteiger partial charge in [-0.2, -0.15) is 0 Å². The van der Waals surface area contributed by atoms with Crippen LogP contribution in [0.2, 0.25) is 0 Å². The van der Waals surface area contributed by atoms with E-state index in [0.717, 1.165) is 0 Å². The number of nitrogens with zero attached hydrogens (tertiary/aromatic N) is 1. The zero-order valence-corrected chi connectivity index (χ0v) is 15.1. The predicted molar refractivity (Wildman–Crippen MR) is 100 cm³/mol. The molecule has 0 aliphatic rings. The summed E-state index contributed by atoms with van der Waals surface area (Å²) in [6.07, 6.45) is 0. The Morgan fingerprint density at radius 1 is 1.23 bits per heavy atom. The normalized spacial score (nSPS) is 10.7. The molecule has 2 N–H and O–H groups in total. The molecule has 0 saturated carbocycles. The maximum absolute atomic E-state index is 14.1. The Balaban J connectivity index is 2.17. The molecule has 7 heteroatoms. The van der Waals surface area contributed by atoms with Gasteiger partial charge in [-0.15, -0.1) is 11.3 Å². The molecule has 0 unspecified atom stereocenters. The van der Waals surface area contributed by atoms with Crippen LogP contribution in [0.5, 0.6) is 5.75 Å². The highest BCUT2D eigenvalue weighted by Crippen LogP contribution is 2.40. The molecule has 26 heavy (non-hydrogen) atoms. The van der Waals surface area contributed by atoms with Crippen molar-refractivity contribution in [3.05, 3.63) is 59.4 Å². The zero-order chi connectivity index (χ0) is 18.8. The predicted octanol–water partition coefficient (Wildman–Crippen LogP) is 3.66. The number of hydrogen-bond acceptors (Lipinski definition) is 4. The average Bonchev–Trinajstić information content (AvgIpc) is 2.98. The summed E-state index contributed by atoms with van der Waals surface area (Å²) in [5.41, 5.74) is 0.685. The van der Waals surface area contributed by atoms with Crippen molar-refractivity contribution in [2.75, 3.05) is 11.9 Å². The lowest BCUT2D eigenvalue weighted by molar-refractivity contribution is -0.116. The van der Waals surface area contributed by atoms with Gasteiger partial charge < -0.3 is 10.4 Å². The molecule has 0 aliphatic heterocycles. The largest absolute Gasteiger partial charge is 0.508 e. The molecular weight excluding hydrogens is 355 g/mol. The lowest BCUT2D eigenvalue weighted by Crippen LogP contribution is -2.30. The molecular formula is C19H17FN2O3S. The van der Waals surface area contributed by atoms with Gasteiger partial charge in [0.25, 0.3) is 5.91 Å². The number of carbonyl (C=O) groups excluding carboxylic acids is 2. The zero-order valence-electron chi connectivity index (χ0n) is 14.2. The van der Waals surface area contributed by atoms with E-state index < -0.39 is 5.82 Å². The number of fused-ring (bicyclic) bond motifs is 1. The van der Waals surface area contributed by atoms with Crippen LogP contribution < -0.4 is 10.2 Å². The molecule has 5 nitrogen and oxygen atoms in total. The topological polar surface area (TPSA) is 69.6 Å². The van der Waals surface area contributed by atoms with Crippen LogP contribution in [0.25, 0.3) is 10.1 Å². The molecule has 1 heterocycles. The number of halogens is 1. The molecule has 3 rings (SSSR count). The first-order valence-electron chi connectivity index (χ1n) is 7.91. The van der Waals surface area contributed by atoms with Gasteiger partial charge in [0.2, 0.25) is 5.91 Å². The second-order valence-corrected chi connectivity index (χ2v) is 6.77. The second kappa shape index (κ2) is 7.13. The molecule has 0 spiro atoms. The van der Waals surface area contributed by atoms with E-state index in [-0.39, 0.29) is 24.1 Å². The van der Waals surface area contributed by atoms with E-state index in [1.807, 2.05) is 0 Å². The Hall–Kier alpha value is -2.93. The highest BCUT2D eigenvalue weighted by molar-refractivity contribution is 7.23. The van der Waals surface area contributed by atoms with Crippen molar-refractivity contribution < 1.29 is 19.1 Å². The summed E-state index contributed by atoms with van der Waals surface area (Å²) in [7, 11) is 1.50. The SMILES string of the molecule is CNC(=O)c1c(N(Cc2ccccc2F)C(C)=O)sc2cc(O)ccc12. The quantitative estimate of drug-likeness (QED) is 0.734. The molecule has 0 atom stereocenters. The standard InChI is InChI=1S/C19H17FN2O3S/c1-11(23)22(10-12-5-3-4-6-15(12)20)19-17(18(25)21-2)14-8-7-13(24)9-16(14)26-19/h3-9,24H,10H2,1-2H3,(H,21,25). The third-order valence-electron chi connectivity index (χ3n) is 4.02. The monoisotopic (exact) mass is 372 g/mol. The maximum atomic E-state index is 14.1. The number of rotatable bonds is 4. The highest BCUT2D eigenvalue weighted by Gasteiger charge is 2.25. The van der Waals surface area contributed by atoms with Crippen LogP contribution >= 0.6 is 11.3 Å². The van der Waals surface area contributed by atoms with Crippen LogP contribution in [0.3, 0.4) is 0 Å². The fourth-order valence-electron chi connectivity index (χ4n) is 2.73. The summed E-state index contributed by atoms with van der Waals surface area (Å²) in [6, 6.07) is 10.9. The van der Waals surface area contributed by atoms with Crippen LogP contribution in [-0.2, 0) is 11.3 Å². The number of carbonyl (C=O) groups is 2. The van der Waals surface area contributed by atoms with Crippen LogP contribution in [-0.4, -0.2) is 24.0 Å². The Kier molecular flexibility index (Phi) is 4.90. The van der Waals surface area contributed by atoms with Gasteiger partial charge in [0.05, 0.1) is 12.1 Å². The second-order valence-electron chi connectivity index (χ2n) is 5.74. The third-order valence-corrected chi connectivity index (χ3v) is 5.20. The number of phenolic OH excluding ortho intramolecular Hbond substituents is 1. The minimum absolute atomic E-state index is 0.00477. The smallest absolute Gasteiger partial charge is 0.254 e.